The zero-order valence-electron chi connectivity index (χ0n) is 44.8. The van der Waals surface area contributed by atoms with Crippen molar-refractivity contribution in [2.75, 3.05) is 24.9 Å². The molecule has 2 aliphatic rings. The van der Waals surface area contributed by atoms with Crippen LogP contribution in [0.3, 0.4) is 0 Å². The Morgan fingerprint density at radius 1 is 0.564 bits per heavy atom. The Labute approximate surface area is 453 Å². The maximum Gasteiger partial charge on any atom is 0.343 e. The zero-order valence-corrected chi connectivity index (χ0v) is 44.8. The third kappa shape index (κ3) is 17.5. The molecule has 0 bridgehead atoms. The van der Waals surface area contributed by atoms with Crippen molar-refractivity contribution in [3.63, 3.8) is 0 Å². The lowest BCUT2D eigenvalue weighted by molar-refractivity contribution is -0.157. The fourth-order valence-corrected chi connectivity index (χ4v) is 8.97. The molecule has 7 rings (SSSR count). The van der Waals surface area contributed by atoms with Crippen LogP contribution >= 0.6 is 0 Å². The summed E-state index contributed by atoms with van der Waals surface area (Å²) in [4.78, 5) is 99.3. The molecule has 2 unspecified atom stereocenters. The maximum absolute atomic E-state index is 13.0. The average Bonchev–Trinajstić information content (AvgIpc) is 4.18. The lowest BCUT2D eigenvalue weighted by Gasteiger charge is -2.25. The number of rotatable bonds is 20. The number of aliphatic carboxylic acids is 1. The molecule has 0 heterocycles. The third-order valence-electron chi connectivity index (χ3n) is 13.1. The molecule has 18 heteroatoms. The van der Waals surface area contributed by atoms with Gasteiger partial charge in [-0.2, -0.15) is 0 Å². The Morgan fingerprint density at radius 2 is 1.00 bits per heavy atom. The summed E-state index contributed by atoms with van der Waals surface area (Å²) >= 11 is 0. The number of aromatic hydroxyl groups is 1. The van der Waals surface area contributed by atoms with Gasteiger partial charge in [0.1, 0.15) is 23.5 Å². The average molecular weight is 1070 g/mol. The molecule has 0 spiro atoms. The number of carboxylic acid groups (broad SMARTS) is 1. The van der Waals surface area contributed by atoms with Gasteiger partial charge in [0.25, 0.3) is 11.8 Å². The van der Waals surface area contributed by atoms with Gasteiger partial charge in [0.2, 0.25) is 11.8 Å². The van der Waals surface area contributed by atoms with Crippen LogP contribution in [0.15, 0.2) is 109 Å². The molecule has 0 radical (unpaired) electrons. The molecule has 18 nitrogen and oxygen atoms in total. The molecule has 4 amide bonds. The number of esters is 2. The van der Waals surface area contributed by atoms with Gasteiger partial charge in [0.15, 0.2) is 23.0 Å². The highest BCUT2D eigenvalue weighted by molar-refractivity contribution is 5.99. The van der Waals surface area contributed by atoms with E-state index >= 15 is 0 Å². The van der Waals surface area contributed by atoms with Gasteiger partial charge >= 0.3 is 17.9 Å². The number of carboxylic acids is 1. The number of Topliss-reactive ketones (excluding diaryl/α,β-unsaturated/α-hetero) is 1. The molecule has 78 heavy (non-hydrogen) atoms. The SMILES string of the molecule is COc1cc(CC(NC(=O)c2ccc(NC(=O)C3CCCC3)cc2)C(=O)O)ccc1OC(=O)c1ccc(CC(C)=O)cc1.COc1cc(CC(NC(=O)c2ccc(NC(=O)C3CCCC3)cc2)C(=O)OC(C)(C)C)ccc1O. The first-order valence-electron chi connectivity index (χ1n) is 25.9. The van der Waals surface area contributed by atoms with Gasteiger partial charge < -0.3 is 50.4 Å². The van der Waals surface area contributed by atoms with Crippen molar-refractivity contribution in [2.45, 2.75) is 116 Å². The number of phenolic OH excluding ortho intramolecular Hbond substituents is 1. The predicted molar refractivity (Wildman–Crippen MR) is 291 cm³/mol. The van der Waals surface area contributed by atoms with Crippen LogP contribution in [0, 0.1) is 11.8 Å². The second-order valence-corrected chi connectivity index (χ2v) is 20.4. The summed E-state index contributed by atoms with van der Waals surface area (Å²) in [5.41, 5.74) is 3.34. The summed E-state index contributed by atoms with van der Waals surface area (Å²) < 4.78 is 21.5. The molecule has 2 saturated carbocycles. The number of nitrogens with one attached hydrogen (secondary N) is 4. The molecule has 0 saturated heterocycles. The standard InChI is InChI=1S/C33H34N2O8.C27H34N2O6/c1-20(36)17-21-7-10-25(11-8-21)33(41)43-28-16-9-22(19-29(28)42-2)18-27(32(39)40)35-31(38)24-12-14-26(15-13-24)34-30(37)23-5-3-4-6-23;1-27(2,3)35-26(33)21(15-17-9-14-22(30)23(16-17)34-4)29-25(32)19-10-12-20(13-11-19)28-24(31)18-7-5-6-8-18/h7-16,19,23,27H,3-6,17-18H2,1-2H3,(H,34,37)(H,35,38)(H,39,40);9-14,16,18,21,30H,5-8,15H2,1-4H3,(H,28,31)(H,29,32). The van der Waals surface area contributed by atoms with Gasteiger partial charge in [0, 0.05) is 53.6 Å². The van der Waals surface area contributed by atoms with E-state index in [0.29, 0.717) is 28.1 Å². The van der Waals surface area contributed by atoms with Crippen molar-refractivity contribution in [1.29, 1.82) is 0 Å². The summed E-state index contributed by atoms with van der Waals surface area (Å²) in [6.07, 6.45) is 8.18. The van der Waals surface area contributed by atoms with Crippen molar-refractivity contribution in [3.8, 4) is 23.0 Å². The van der Waals surface area contributed by atoms with Gasteiger partial charge in [-0.1, -0.05) is 49.9 Å². The van der Waals surface area contributed by atoms with Gasteiger partial charge in [-0.15, -0.1) is 0 Å². The molecule has 2 aliphatic carbocycles. The van der Waals surface area contributed by atoms with E-state index in [-0.39, 0.29) is 82.8 Å². The van der Waals surface area contributed by atoms with E-state index in [1.165, 1.54) is 45.4 Å². The van der Waals surface area contributed by atoms with E-state index < -0.39 is 47.4 Å². The molecule has 0 aliphatic heterocycles. The van der Waals surface area contributed by atoms with Crippen molar-refractivity contribution in [3.05, 3.63) is 143 Å². The maximum atomic E-state index is 13.0. The molecule has 0 aromatic heterocycles. The molecule has 412 valence electrons. The minimum absolute atomic E-state index is 0.00835. The van der Waals surface area contributed by atoms with E-state index in [4.69, 9.17) is 18.9 Å². The molecule has 5 aromatic carbocycles. The molecular formula is C60H68N4O14. The van der Waals surface area contributed by atoms with Crippen molar-refractivity contribution in [1.82, 2.24) is 10.6 Å². The highest BCUT2D eigenvalue weighted by Gasteiger charge is 2.29. The number of benzene rings is 5. The Hall–Kier alpha value is -8.54. The van der Waals surface area contributed by atoms with Crippen LogP contribution in [-0.4, -0.2) is 89.4 Å². The van der Waals surface area contributed by atoms with Crippen molar-refractivity contribution < 1.29 is 67.5 Å². The van der Waals surface area contributed by atoms with Crippen LogP contribution in [0.1, 0.15) is 127 Å². The number of carbonyl (C=O) groups is 8. The first kappa shape index (κ1) is 58.7. The fraction of sp³-hybridized carbons (Fsp3) is 0.367. The first-order valence-corrected chi connectivity index (χ1v) is 25.9. The Balaban J connectivity index is 0.000000258. The second kappa shape index (κ2) is 27.5. The number of phenols is 1. The molecule has 2 fully saturated rings. The summed E-state index contributed by atoms with van der Waals surface area (Å²) in [5.74, 6) is -2.79. The Morgan fingerprint density at radius 3 is 1.46 bits per heavy atom. The number of methoxy groups -OCH3 is 2. The van der Waals surface area contributed by atoms with Crippen LogP contribution in [0.5, 0.6) is 23.0 Å². The van der Waals surface area contributed by atoms with Crippen LogP contribution in [0.4, 0.5) is 11.4 Å². The Kier molecular flexibility index (Phi) is 20.7. The number of carbonyl (C=O) groups excluding carboxylic acids is 7. The minimum atomic E-state index is -1.25. The van der Waals surface area contributed by atoms with Gasteiger partial charge in [-0.3, -0.25) is 24.0 Å². The second-order valence-electron chi connectivity index (χ2n) is 20.4. The molecular weight excluding hydrogens is 1000 g/mol. The van der Waals surface area contributed by atoms with Crippen LogP contribution < -0.4 is 35.5 Å². The summed E-state index contributed by atoms with van der Waals surface area (Å²) in [7, 11) is 2.83. The predicted octanol–water partition coefficient (Wildman–Crippen LogP) is 8.81. The van der Waals surface area contributed by atoms with E-state index in [9.17, 15) is 48.6 Å². The summed E-state index contributed by atoms with van der Waals surface area (Å²) in [6.45, 7) is 6.76. The van der Waals surface area contributed by atoms with Gasteiger partial charge in [-0.25, -0.2) is 14.4 Å². The van der Waals surface area contributed by atoms with Crippen molar-refractivity contribution >= 4 is 58.7 Å². The highest BCUT2D eigenvalue weighted by Crippen LogP contribution is 2.31. The lowest BCUT2D eigenvalue weighted by Crippen LogP contribution is -2.45. The smallest absolute Gasteiger partial charge is 0.343 e. The number of ether oxygens (including phenoxy) is 4. The summed E-state index contributed by atoms with van der Waals surface area (Å²) in [6, 6.07) is 26.5. The molecule has 5 aromatic rings. The van der Waals surface area contributed by atoms with E-state index in [0.717, 1.165) is 56.9 Å². The minimum Gasteiger partial charge on any atom is -0.504 e. The number of amides is 4. The zero-order chi connectivity index (χ0) is 56.5. The van der Waals surface area contributed by atoms with E-state index in [1.807, 2.05) is 0 Å². The number of ketones is 1. The van der Waals surface area contributed by atoms with Gasteiger partial charge in [0.05, 0.1) is 19.8 Å². The topological polar surface area (TPSA) is 262 Å². The fourth-order valence-electron chi connectivity index (χ4n) is 8.97. The lowest BCUT2D eigenvalue weighted by atomic mass is 10.0. The summed E-state index contributed by atoms with van der Waals surface area (Å²) in [5, 5.41) is 30.7. The number of hydrogen-bond donors (Lipinski definition) is 6. The van der Waals surface area contributed by atoms with Crippen LogP contribution in [0.2, 0.25) is 0 Å². The van der Waals surface area contributed by atoms with E-state index in [1.54, 1.807) is 106 Å². The molecule has 6 N–H and O–H groups in total. The van der Waals surface area contributed by atoms with Crippen molar-refractivity contribution in [2.24, 2.45) is 11.8 Å². The Bertz CT molecular complexity index is 2940. The molecule has 2 atom stereocenters. The van der Waals surface area contributed by atoms with Gasteiger partial charge in [-0.05, 0) is 155 Å². The first-order chi connectivity index (χ1) is 37.2. The van der Waals surface area contributed by atoms with Crippen LogP contribution in [-0.2, 0) is 48.0 Å². The van der Waals surface area contributed by atoms with E-state index in [2.05, 4.69) is 21.3 Å². The normalized spacial score (nSPS) is 14.1. The largest absolute Gasteiger partial charge is 0.504 e. The highest BCUT2D eigenvalue weighted by atomic mass is 16.6. The third-order valence-corrected chi connectivity index (χ3v) is 13.1. The quantitative estimate of drug-likeness (QED) is 0.0314. The monoisotopic (exact) mass is 1070 g/mol. The number of hydrogen-bond acceptors (Lipinski definition) is 13. The van der Waals surface area contributed by atoms with Crippen LogP contribution in [0.25, 0.3) is 0 Å². The number of anilines is 2.